The quantitative estimate of drug-likeness (QED) is 0.0697. The van der Waals surface area contributed by atoms with Crippen molar-refractivity contribution < 1.29 is 33.3 Å². The maximum absolute atomic E-state index is 13.7. The van der Waals surface area contributed by atoms with E-state index >= 15 is 0 Å². The molecule has 5 amide bonds. The van der Waals surface area contributed by atoms with Gasteiger partial charge in [-0.25, -0.2) is 14.4 Å². The van der Waals surface area contributed by atoms with Gasteiger partial charge in [-0.05, 0) is 273 Å². The Hall–Kier alpha value is -12.4. The number of benzene rings is 11. The number of aromatic amines is 4. The van der Waals surface area contributed by atoms with Crippen LogP contribution in [0.5, 0.6) is 23.0 Å². The van der Waals surface area contributed by atoms with Crippen molar-refractivity contribution in [1.29, 1.82) is 0 Å². The molecule has 0 saturated carbocycles. The van der Waals surface area contributed by atoms with E-state index in [-0.39, 0.29) is 36.2 Å². The molecule has 0 bridgehead atoms. The summed E-state index contributed by atoms with van der Waals surface area (Å²) in [6.07, 6.45) is 2.83. The molecule has 4 atom stereocenters. The Morgan fingerprint density at radius 1 is 0.421 bits per heavy atom. The average Bonchev–Trinajstić information content (AvgIpc) is 1.62. The molecule has 4 unspecified atom stereocenters. The van der Waals surface area contributed by atoms with Gasteiger partial charge in [0.25, 0.3) is 0 Å². The number of rotatable bonds is 13. The van der Waals surface area contributed by atoms with Crippen molar-refractivity contribution in [2.75, 3.05) is 77.9 Å². The summed E-state index contributed by atoms with van der Waals surface area (Å²) in [5.74, 6) is 3.32. The van der Waals surface area contributed by atoms with Crippen molar-refractivity contribution in [1.82, 2.24) is 44.4 Å². The van der Waals surface area contributed by atoms with E-state index in [1.54, 1.807) is 55.4 Å². The Morgan fingerprint density at radius 2 is 0.770 bits per heavy atom. The van der Waals surface area contributed by atoms with Gasteiger partial charge in [-0.2, -0.15) is 0 Å². The molecular weight excluding hydrogens is 1680 g/mol. The standard InChI is InChI=1S/C28H28ClN3S.C26H24ClN3O2.C26H23ClN2O3.C23H26ClN3O2/c1-17(2)19-6-8-20(9-7-19)27-26-23(24-16-21(29)10-13-25(24)31-26)14-15-32(27)28(33)30-22-11-4-18(3)5-12-22;1-29(19-6-4-3-5-7-19)26(31)30-15-14-21-22-16-18(27)10-13-23(22)28-24(21)25(30)17-8-11-20(32-2)12-9-17;1-16-3-12-23-22(15-16)21-13-14-29(26(30)32-20-10-6-18(27)7-11-20)25(24(21)28-23)17-4-8-19(31-2)9-5-17;1-4-26(5-2)23(28)27-13-12-18-19-14-16(24)8-11-20(19)25-21(18)22(27)15-6-9-17(29-3)10-7-15/h4-13,16-17,27,31H,14-15H2,1-3H3,(H,30,33);3-13,16,25,28H,14-15H2,1-2H3;3-12,15,25,28H,13-14H2,1-2H3;6-11,14,22,25H,4-5,12-13H2,1-3H3. The Bertz CT molecular complexity index is 6440. The number of aryl methyl sites for hydroxylation is 2. The molecule has 644 valence electrons. The smallest absolute Gasteiger partial charge is 0.416 e. The molecule has 4 aromatic heterocycles. The number of aromatic nitrogens is 4. The van der Waals surface area contributed by atoms with Crippen molar-refractivity contribution in [2.45, 2.75) is 97.3 Å². The predicted octanol–water partition coefficient (Wildman–Crippen LogP) is 25.2. The molecule has 15 aromatic rings. The maximum Gasteiger partial charge on any atom is 0.416 e. The highest BCUT2D eigenvalue weighted by molar-refractivity contribution is 7.80. The number of amides is 5. The summed E-state index contributed by atoms with van der Waals surface area (Å²) >= 11 is 30.8. The summed E-state index contributed by atoms with van der Waals surface area (Å²) in [4.78, 5) is 66.3. The molecule has 8 heterocycles. The lowest BCUT2D eigenvalue weighted by Crippen LogP contribution is -2.47. The molecule has 0 aliphatic carbocycles. The molecule has 4 aliphatic rings. The minimum absolute atomic E-state index is 0.00610. The number of carbonyl (C=O) groups is 3. The number of halogens is 4. The molecular formula is C103H101Cl4N11O7S. The highest BCUT2D eigenvalue weighted by Crippen LogP contribution is 2.46. The summed E-state index contributed by atoms with van der Waals surface area (Å²) in [5, 5.41) is 11.7. The zero-order chi connectivity index (χ0) is 88.1. The van der Waals surface area contributed by atoms with Crippen LogP contribution in [0.4, 0.5) is 25.8 Å². The largest absolute Gasteiger partial charge is 0.497 e. The van der Waals surface area contributed by atoms with Crippen molar-refractivity contribution in [3.63, 3.8) is 0 Å². The molecule has 4 aliphatic heterocycles. The Kier molecular flexibility index (Phi) is 26.4. The Balaban J connectivity index is 0.000000124. The fraction of sp³-hybridized carbons (Fsp3) is 0.243. The first-order chi connectivity index (χ1) is 61.1. The van der Waals surface area contributed by atoms with E-state index in [9.17, 15) is 14.4 Å². The van der Waals surface area contributed by atoms with E-state index in [0.29, 0.717) is 54.4 Å². The Morgan fingerprint density at radius 3 is 1.18 bits per heavy atom. The molecule has 5 N–H and O–H groups in total. The third-order valence-electron chi connectivity index (χ3n) is 24.5. The van der Waals surface area contributed by atoms with Gasteiger partial charge in [0.15, 0.2) is 5.11 Å². The molecule has 19 rings (SSSR count). The molecule has 0 fully saturated rings. The van der Waals surface area contributed by atoms with Crippen LogP contribution in [0.3, 0.4) is 0 Å². The number of methoxy groups -OCH3 is 3. The highest BCUT2D eigenvalue weighted by Gasteiger charge is 2.41. The predicted molar refractivity (Wildman–Crippen MR) is 515 cm³/mol. The van der Waals surface area contributed by atoms with Gasteiger partial charge in [0, 0.05) is 144 Å². The number of hydrogen-bond donors (Lipinski definition) is 5. The van der Waals surface area contributed by atoms with Crippen molar-refractivity contribution in [3.8, 4) is 23.0 Å². The molecule has 0 saturated heterocycles. The van der Waals surface area contributed by atoms with Crippen LogP contribution in [0.1, 0.15) is 142 Å². The van der Waals surface area contributed by atoms with Crippen LogP contribution in [0.25, 0.3) is 43.6 Å². The first-order valence-corrected chi connectivity index (χ1v) is 44.6. The molecule has 0 spiro atoms. The lowest BCUT2D eigenvalue weighted by atomic mass is 9.91. The van der Waals surface area contributed by atoms with Gasteiger partial charge in [0.1, 0.15) is 29.0 Å². The van der Waals surface area contributed by atoms with Gasteiger partial charge in [-0.3, -0.25) is 9.80 Å². The molecule has 11 aromatic carbocycles. The molecule has 126 heavy (non-hydrogen) atoms. The summed E-state index contributed by atoms with van der Waals surface area (Å²) in [5.41, 5.74) is 23.6. The zero-order valence-electron chi connectivity index (χ0n) is 72.1. The topological polar surface area (TPSA) is 183 Å². The average molecular weight is 1780 g/mol. The van der Waals surface area contributed by atoms with Crippen LogP contribution in [0, 0.1) is 13.8 Å². The first kappa shape index (κ1) is 87.1. The summed E-state index contributed by atoms with van der Waals surface area (Å²) in [6, 6.07) is 81.2. The monoisotopic (exact) mass is 1780 g/mol. The number of carbonyl (C=O) groups excluding carboxylic acids is 3. The maximum atomic E-state index is 13.7. The number of anilines is 2. The van der Waals surface area contributed by atoms with E-state index in [0.717, 1.165) is 143 Å². The number of thiocarbonyl (C=S) groups is 1. The molecule has 23 heteroatoms. The van der Waals surface area contributed by atoms with Crippen LogP contribution >= 0.6 is 58.6 Å². The van der Waals surface area contributed by atoms with E-state index in [2.05, 4.69) is 137 Å². The minimum atomic E-state index is -0.395. The Labute approximate surface area is 760 Å². The van der Waals surface area contributed by atoms with Gasteiger partial charge < -0.3 is 63.8 Å². The number of ether oxygens (including phenoxy) is 4. The molecule has 18 nitrogen and oxygen atoms in total. The van der Waals surface area contributed by atoms with Gasteiger partial charge >= 0.3 is 18.2 Å². The van der Waals surface area contributed by atoms with E-state index < -0.39 is 6.09 Å². The van der Waals surface area contributed by atoms with E-state index in [4.69, 9.17) is 77.6 Å². The number of fused-ring (bicyclic) bond motifs is 12. The van der Waals surface area contributed by atoms with Crippen molar-refractivity contribution in [3.05, 3.63) is 353 Å². The second-order valence-electron chi connectivity index (χ2n) is 32.5. The lowest BCUT2D eigenvalue weighted by molar-refractivity contribution is 0.135. The fourth-order valence-electron chi connectivity index (χ4n) is 17.9. The number of nitrogens with zero attached hydrogens (tertiary/aromatic N) is 6. The van der Waals surface area contributed by atoms with Crippen LogP contribution in [-0.4, -0.2) is 135 Å². The van der Waals surface area contributed by atoms with Gasteiger partial charge in [-0.1, -0.05) is 168 Å². The van der Waals surface area contributed by atoms with Crippen LogP contribution in [0.2, 0.25) is 20.1 Å². The number of para-hydroxylation sites is 1. The van der Waals surface area contributed by atoms with E-state index in [1.807, 2.05) is 181 Å². The van der Waals surface area contributed by atoms with Crippen LogP contribution in [-0.2, 0) is 25.7 Å². The van der Waals surface area contributed by atoms with Crippen molar-refractivity contribution >= 4 is 137 Å². The van der Waals surface area contributed by atoms with Gasteiger partial charge in [-0.15, -0.1) is 0 Å². The van der Waals surface area contributed by atoms with Crippen LogP contribution in [0.15, 0.2) is 249 Å². The fourth-order valence-corrected chi connectivity index (χ4v) is 18.9. The summed E-state index contributed by atoms with van der Waals surface area (Å²) in [7, 11) is 6.78. The SMILES string of the molecule is CCN(CC)C(=O)N1CCc2c([nH]c3ccc(Cl)cc23)C1c1ccc(OC)cc1.COc1ccc(C2c3[nH]c4ccc(C)cc4c3CCN2C(=O)Oc2ccc(Cl)cc2)cc1.COc1ccc(C2c3[nH]c4ccc(Cl)cc4c3CCN2C(=O)N(C)c2ccccc2)cc1.Cc1ccc(NC(=S)N2CCc3c([nH]c4ccc(Cl)cc34)C2c2ccc(C(C)C)cc2)cc1. The third kappa shape index (κ3) is 18.3. The molecule has 0 radical (unpaired) electrons. The summed E-state index contributed by atoms with van der Waals surface area (Å²) < 4.78 is 21.7. The van der Waals surface area contributed by atoms with E-state index in [1.165, 1.54) is 61.0 Å². The lowest BCUT2D eigenvalue weighted by Gasteiger charge is -2.39. The van der Waals surface area contributed by atoms with Crippen molar-refractivity contribution in [2.24, 2.45) is 0 Å². The first-order valence-electron chi connectivity index (χ1n) is 42.6. The second-order valence-corrected chi connectivity index (χ2v) is 34.6. The number of urea groups is 2. The normalized spacial score (nSPS) is 15.6. The van der Waals surface area contributed by atoms with Gasteiger partial charge in [0.2, 0.25) is 0 Å². The minimum Gasteiger partial charge on any atom is -0.497 e. The number of hydrogen-bond acceptors (Lipinski definition) is 8. The van der Waals surface area contributed by atoms with Crippen LogP contribution < -0.4 is 29.2 Å². The zero-order valence-corrected chi connectivity index (χ0v) is 75.9. The second kappa shape index (κ2) is 38.2. The third-order valence-corrected chi connectivity index (χ3v) is 25.8. The number of nitrogens with one attached hydrogen (secondary N) is 5. The number of H-pyrrole nitrogens is 4. The highest BCUT2D eigenvalue weighted by atomic mass is 35.5. The summed E-state index contributed by atoms with van der Waals surface area (Å²) in [6.45, 7) is 16.7. The van der Waals surface area contributed by atoms with Gasteiger partial charge in [0.05, 0.1) is 39.5 Å².